The molecule has 1 fully saturated rings. The highest BCUT2D eigenvalue weighted by Gasteiger charge is 2.67. The van der Waals surface area contributed by atoms with E-state index in [2.05, 4.69) is 30.4 Å². The Bertz CT molecular complexity index is 3190. The minimum absolute atomic E-state index is 0.00634. The average Bonchev–Trinajstić information content (AvgIpc) is 3.73. The fourth-order valence-corrected chi connectivity index (χ4v) is 9.14. The van der Waals surface area contributed by atoms with Crippen molar-refractivity contribution >= 4 is 55.2 Å². The lowest BCUT2D eigenvalue weighted by molar-refractivity contribution is -0.123. The molecule has 7 aromatic rings. The van der Waals surface area contributed by atoms with Crippen molar-refractivity contribution in [1.29, 1.82) is 0 Å². The molecule has 0 aliphatic heterocycles. The first-order valence-corrected chi connectivity index (χ1v) is 21.1. The van der Waals surface area contributed by atoms with Crippen molar-refractivity contribution in [3.8, 4) is 16.9 Å². The SMILES string of the molecule is Cc1ccnnc1-c1ccc2c(=O)n(-c3ccc(Cl)c4c(NS(C)(=O)=O)nn(C)c34)c([C@H](Cc3cc(F)cc(F)c3)NC(=O)Cn3nc(C(F)F)c4c3C(F)(F)[C@@H]3C[C@H]43)nc2c1. The molecule has 0 bridgehead atoms. The molecule has 4 aromatic heterocycles. The summed E-state index contributed by atoms with van der Waals surface area (Å²) < 4.78 is 119. The first-order chi connectivity index (χ1) is 29.3. The highest BCUT2D eigenvalue weighted by Crippen LogP contribution is 2.68. The molecule has 3 atom stereocenters. The van der Waals surface area contributed by atoms with Crippen LogP contribution in [0.1, 0.15) is 58.7 Å². The van der Waals surface area contributed by atoms with Crippen LogP contribution in [-0.4, -0.2) is 59.9 Å². The Hall–Kier alpha value is -6.35. The van der Waals surface area contributed by atoms with Gasteiger partial charge in [-0.05, 0) is 72.9 Å². The molecule has 0 spiro atoms. The van der Waals surface area contributed by atoms with Crippen molar-refractivity contribution in [2.24, 2.45) is 13.0 Å². The summed E-state index contributed by atoms with van der Waals surface area (Å²) in [5.74, 6) is -9.06. The number of aromatic nitrogens is 8. The lowest BCUT2D eigenvalue weighted by atomic mass is 10.0. The van der Waals surface area contributed by atoms with Crippen LogP contribution in [0.15, 0.2) is 65.6 Å². The first-order valence-electron chi connectivity index (χ1n) is 18.8. The zero-order valence-electron chi connectivity index (χ0n) is 32.5. The fraction of sp³-hybridized carbons (Fsp3) is 0.275. The van der Waals surface area contributed by atoms with E-state index in [0.29, 0.717) is 22.0 Å². The van der Waals surface area contributed by atoms with Gasteiger partial charge in [0.15, 0.2) is 5.82 Å². The van der Waals surface area contributed by atoms with Crippen LogP contribution in [0.5, 0.6) is 0 Å². The van der Waals surface area contributed by atoms with Gasteiger partial charge in [-0.1, -0.05) is 17.7 Å². The number of rotatable bonds is 11. The van der Waals surface area contributed by atoms with E-state index in [1.165, 1.54) is 36.1 Å². The van der Waals surface area contributed by atoms with Crippen molar-refractivity contribution < 1.29 is 39.6 Å². The largest absolute Gasteiger partial charge is 0.344 e. The van der Waals surface area contributed by atoms with Gasteiger partial charge in [-0.3, -0.25) is 28.2 Å². The fourth-order valence-electron chi connectivity index (χ4n) is 8.41. The average molecular weight is 897 g/mol. The van der Waals surface area contributed by atoms with Gasteiger partial charge in [0.1, 0.15) is 35.4 Å². The maximum atomic E-state index is 15.5. The number of hydrogen-bond acceptors (Lipinski definition) is 9. The molecule has 0 radical (unpaired) electrons. The number of sulfonamides is 1. The van der Waals surface area contributed by atoms with E-state index in [-0.39, 0.29) is 61.7 Å². The minimum atomic E-state index is -3.91. The van der Waals surface area contributed by atoms with Crippen LogP contribution >= 0.6 is 11.6 Å². The Kier molecular flexibility index (Phi) is 9.69. The third-order valence-electron chi connectivity index (χ3n) is 11.0. The van der Waals surface area contributed by atoms with Crippen LogP contribution in [0.3, 0.4) is 0 Å². The van der Waals surface area contributed by atoms with Gasteiger partial charge in [-0.15, -0.1) is 0 Å². The number of amides is 1. The van der Waals surface area contributed by atoms with E-state index in [1.54, 1.807) is 25.1 Å². The van der Waals surface area contributed by atoms with E-state index < -0.39 is 87.7 Å². The zero-order chi connectivity index (χ0) is 44.2. The first kappa shape index (κ1) is 41.0. The summed E-state index contributed by atoms with van der Waals surface area (Å²) in [6.07, 6.45) is -1.29. The molecule has 2 aliphatic carbocycles. The number of benzene rings is 3. The lowest BCUT2D eigenvalue weighted by Gasteiger charge is -2.24. The van der Waals surface area contributed by atoms with Gasteiger partial charge in [0.2, 0.25) is 15.9 Å². The number of carbonyl (C=O) groups excluding carboxylic acids is 1. The summed E-state index contributed by atoms with van der Waals surface area (Å²) in [5, 5.41) is 19.0. The van der Waals surface area contributed by atoms with Crippen LogP contribution < -0.4 is 15.6 Å². The van der Waals surface area contributed by atoms with Crippen LogP contribution in [-0.2, 0) is 40.8 Å². The molecule has 4 heterocycles. The Morgan fingerprint density at radius 1 is 1.05 bits per heavy atom. The topological polar surface area (TPSA) is 172 Å². The smallest absolute Gasteiger partial charge is 0.293 e. The molecular formula is C40H31ClF6N10O4S. The van der Waals surface area contributed by atoms with Crippen LogP contribution in [0.4, 0.5) is 32.2 Å². The van der Waals surface area contributed by atoms with Crippen LogP contribution in [0, 0.1) is 24.5 Å². The minimum Gasteiger partial charge on any atom is -0.344 e. The number of halogens is 7. The molecule has 320 valence electrons. The van der Waals surface area contributed by atoms with Gasteiger partial charge < -0.3 is 5.32 Å². The van der Waals surface area contributed by atoms with Gasteiger partial charge in [0, 0.05) is 42.8 Å². The van der Waals surface area contributed by atoms with Gasteiger partial charge >= 0.3 is 0 Å². The summed E-state index contributed by atoms with van der Waals surface area (Å²) in [5.41, 5.74) is -0.863. The van der Waals surface area contributed by atoms with E-state index >= 15 is 13.6 Å². The number of nitrogens with zero attached hydrogens (tertiary/aromatic N) is 8. The Balaban J connectivity index is 1.26. The normalized spacial score (nSPS) is 17.1. The molecule has 2 aliphatic rings. The number of nitrogens with one attached hydrogen (secondary N) is 2. The molecule has 22 heteroatoms. The molecule has 0 unspecified atom stereocenters. The Morgan fingerprint density at radius 3 is 2.48 bits per heavy atom. The Morgan fingerprint density at radius 2 is 1.79 bits per heavy atom. The molecule has 1 saturated carbocycles. The highest BCUT2D eigenvalue weighted by molar-refractivity contribution is 7.92. The van der Waals surface area contributed by atoms with Crippen molar-refractivity contribution in [1.82, 2.24) is 44.6 Å². The van der Waals surface area contributed by atoms with Gasteiger partial charge in [0.05, 0.1) is 50.5 Å². The summed E-state index contributed by atoms with van der Waals surface area (Å²) in [6, 6.07) is 10.2. The van der Waals surface area contributed by atoms with Crippen LogP contribution in [0.2, 0.25) is 5.02 Å². The molecule has 62 heavy (non-hydrogen) atoms. The van der Waals surface area contributed by atoms with E-state index in [0.717, 1.165) is 28.5 Å². The summed E-state index contributed by atoms with van der Waals surface area (Å²) >= 11 is 6.63. The molecular weight excluding hydrogens is 866 g/mol. The van der Waals surface area contributed by atoms with Gasteiger partial charge in [-0.2, -0.15) is 29.2 Å². The number of alkyl halides is 4. The third kappa shape index (κ3) is 7.01. The van der Waals surface area contributed by atoms with Crippen molar-refractivity contribution in [2.75, 3.05) is 11.0 Å². The van der Waals surface area contributed by atoms with Crippen molar-refractivity contribution in [3.63, 3.8) is 0 Å². The highest BCUT2D eigenvalue weighted by atomic mass is 35.5. The standard InChI is InChI=1S/C40H31ClF6N10O4S/c1-17-8-9-48-51-32(17)19-4-5-22-26(13-19)50-38(57(39(22)59)28-7-6-25(41)31-34(28)55(2)53-37(31)54-62(3,60)61)27(12-18-10-20(42)14-21(43)11-18)49-29(58)16-56-35-30(33(52-56)36(44)45)23-15-24(23)40(35,46)47/h4-11,13-14,23-24,27,36H,12,15-16H2,1-3H3,(H,49,58)(H,53,54)/t23-,24+,27-/m0/s1. The molecule has 9 rings (SSSR count). The van der Waals surface area contributed by atoms with E-state index in [1.807, 2.05) is 0 Å². The molecule has 1 amide bonds. The van der Waals surface area contributed by atoms with Gasteiger partial charge in [-0.25, -0.2) is 31.0 Å². The quantitative estimate of drug-likeness (QED) is 0.133. The second-order valence-corrected chi connectivity index (χ2v) is 17.5. The van der Waals surface area contributed by atoms with Crippen molar-refractivity contribution in [2.45, 2.75) is 50.6 Å². The number of aryl methyl sites for hydroxylation is 2. The zero-order valence-corrected chi connectivity index (χ0v) is 34.0. The summed E-state index contributed by atoms with van der Waals surface area (Å²) in [6.45, 7) is 0.805. The summed E-state index contributed by atoms with van der Waals surface area (Å²) in [4.78, 5) is 34.0. The second kappa shape index (κ2) is 14.6. The maximum Gasteiger partial charge on any atom is 0.293 e. The Labute approximate surface area is 351 Å². The van der Waals surface area contributed by atoms with E-state index in [9.17, 15) is 30.8 Å². The van der Waals surface area contributed by atoms with Gasteiger partial charge in [0.25, 0.3) is 17.9 Å². The molecule has 0 saturated heterocycles. The van der Waals surface area contributed by atoms with Crippen LogP contribution in [0.25, 0.3) is 38.8 Å². The summed E-state index contributed by atoms with van der Waals surface area (Å²) in [7, 11) is -2.46. The molecule has 3 aromatic carbocycles. The maximum absolute atomic E-state index is 15.5. The third-order valence-corrected chi connectivity index (χ3v) is 11.9. The second-order valence-electron chi connectivity index (χ2n) is 15.3. The predicted octanol–water partition coefficient (Wildman–Crippen LogP) is 6.78. The predicted molar refractivity (Wildman–Crippen MR) is 214 cm³/mol. The number of anilines is 1. The van der Waals surface area contributed by atoms with E-state index in [4.69, 9.17) is 16.6 Å². The number of fused-ring (bicyclic) bond motifs is 5. The monoisotopic (exact) mass is 896 g/mol. The number of carbonyl (C=O) groups is 1. The molecule has 14 nitrogen and oxygen atoms in total. The number of hydrogen-bond donors (Lipinski definition) is 2. The lowest BCUT2D eigenvalue weighted by Crippen LogP contribution is -2.38. The van der Waals surface area contributed by atoms with Crippen molar-refractivity contribution in [3.05, 3.63) is 122 Å². The molecule has 2 N–H and O–H groups in total.